The number of carboxylic acid groups (broad SMARTS) is 1. The van der Waals surface area contributed by atoms with Crippen molar-refractivity contribution in [3.05, 3.63) is 57.2 Å². The Labute approximate surface area is 123 Å². The molecule has 19 heavy (non-hydrogen) atoms. The van der Waals surface area contributed by atoms with Crippen molar-refractivity contribution in [2.45, 2.75) is 6.54 Å². The number of carbonyl (C=O) groups is 1. The van der Waals surface area contributed by atoms with E-state index in [1.165, 1.54) is 6.07 Å². The number of rotatable bonds is 4. The smallest absolute Gasteiger partial charge is 0.339 e. The van der Waals surface area contributed by atoms with E-state index in [0.29, 0.717) is 21.9 Å². The summed E-state index contributed by atoms with van der Waals surface area (Å²) in [6.45, 7) is 0.478. The molecular weight excluding hydrogens is 332 g/mol. The summed E-state index contributed by atoms with van der Waals surface area (Å²) in [5.41, 5.74) is 1.12. The van der Waals surface area contributed by atoms with E-state index >= 15 is 0 Å². The standard InChI is InChI=1S/C13H10BrClN2O2/c14-9-5-11(13(18)19)12(17-7-9)16-6-8-1-3-10(15)4-2-8/h1-5,7H,6H2,(H,16,17)(H,18,19). The molecule has 1 heterocycles. The molecule has 0 aliphatic carbocycles. The van der Waals surface area contributed by atoms with Gasteiger partial charge in [0.2, 0.25) is 0 Å². The van der Waals surface area contributed by atoms with Crippen LogP contribution in [0.15, 0.2) is 41.0 Å². The van der Waals surface area contributed by atoms with Gasteiger partial charge >= 0.3 is 5.97 Å². The first-order valence-corrected chi connectivity index (χ1v) is 6.60. The third-order valence-electron chi connectivity index (χ3n) is 2.46. The highest BCUT2D eigenvalue weighted by molar-refractivity contribution is 9.10. The summed E-state index contributed by atoms with van der Waals surface area (Å²) in [5.74, 6) is -0.682. The van der Waals surface area contributed by atoms with Crippen molar-refractivity contribution in [3.63, 3.8) is 0 Å². The molecule has 0 aliphatic rings. The van der Waals surface area contributed by atoms with Gasteiger partial charge in [0.1, 0.15) is 11.4 Å². The summed E-state index contributed by atoms with van der Waals surface area (Å²) in [4.78, 5) is 15.2. The van der Waals surface area contributed by atoms with Crippen LogP contribution in [0.5, 0.6) is 0 Å². The number of anilines is 1. The highest BCUT2D eigenvalue weighted by Gasteiger charge is 2.11. The zero-order valence-electron chi connectivity index (χ0n) is 9.73. The van der Waals surface area contributed by atoms with Crippen LogP contribution in [0.2, 0.25) is 5.02 Å². The van der Waals surface area contributed by atoms with Gasteiger partial charge < -0.3 is 10.4 Å². The number of aromatic nitrogens is 1. The maximum absolute atomic E-state index is 11.1. The Balaban J connectivity index is 2.15. The van der Waals surface area contributed by atoms with Crippen LogP contribution in [-0.2, 0) is 6.54 Å². The van der Waals surface area contributed by atoms with Crippen molar-refractivity contribution in [1.29, 1.82) is 0 Å². The number of hydrogen-bond donors (Lipinski definition) is 2. The van der Waals surface area contributed by atoms with Crippen LogP contribution >= 0.6 is 27.5 Å². The van der Waals surface area contributed by atoms with Crippen LogP contribution in [-0.4, -0.2) is 16.1 Å². The van der Waals surface area contributed by atoms with Gasteiger partial charge in [0.05, 0.1) is 0 Å². The molecule has 0 saturated carbocycles. The van der Waals surface area contributed by atoms with Crippen molar-refractivity contribution in [2.24, 2.45) is 0 Å². The van der Waals surface area contributed by atoms with Crippen LogP contribution < -0.4 is 5.32 Å². The topological polar surface area (TPSA) is 62.2 Å². The Kier molecular flexibility index (Phi) is 4.39. The van der Waals surface area contributed by atoms with E-state index in [9.17, 15) is 4.79 Å². The zero-order valence-corrected chi connectivity index (χ0v) is 12.1. The first kappa shape index (κ1) is 13.8. The number of nitrogens with one attached hydrogen (secondary N) is 1. The van der Waals surface area contributed by atoms with Crippen molar-refractivity contribution in [2.75, 3.05) is 5.32 Å². The van der Waals surface area contributed by atoms with Crippen LogP contribution in [0.1, 0.15) is 15.9 Å². The number of hydrogen-bond acceptors (Lipinski definition) is 3. The fourth-order valence-electron chi connectivity index (χ4n) is 1.53. The molecule has 0 fully saturated rings. The van der Waals surface area contributed by atoms with Gasteiger partial charge in [0.25, 0.3) is 0 Å². The molecule has 0 aliphatic heterocycles. The van der Waals surface area contributed by atoms with Gasteiger partial charge in [-0.15, -0.1) is 0 Å². The van der Waals surface area contributed by atoms with Crippen molar-refractivity contribution >= 4 is 39.3 Å². The highest BCUT2D eigenvalue weighted by Crippen LogP contribution is 2.19. The number of nitrogens with zero attached hydrogens (tertiary/aromatic N) is 1. The molecule has 2 aromatic rings. The molecule has 0 atom stereocenters. The maximum Gasteiger partial charge on any atom is 0.339 e. The minimum atomic E-state index is -1.02. The molecule has 2 rings (SSSR count). The largest absolute Gasteiger partial charge is 0.478 e. The zero-order chi connectivity index (χ0) is 13.8. The van der Waals surface area contributed by atoms with E-state index in [2.05, 4.69) is 26.2 Å². The lowest BCUT2D eigenvalue weighted by molar-refractivity contribution is 0.0697. The average molecular weight is 342 g/mol. The minimum absolute atomic E-state index is 0.128. The fourth-order valence-corrected chi connectivity index (χ4v) is 1.99. The van der Waals surface area contributed by atoms with Crippen molar-refractivity contribution in [1.82, 2.24) is 4.98 Å². The summed E-state index contributed by atoms with van der Waals surface area (Å²) in [7, 11) is 0. The molecule has 0 amide bonds. The van der Waals surface area contributed by atoms with Crippen LogP contribution in [0.3, 0.4) is 0 Å². The SMILES string of the molecule is O=C(O)c1cc(Br)cnc1NCc1ccc(Cl)cc1. The molecule has 1 aromatic heterocycles. The second kappa shape index (κ2) is 6.04. The van der Waals surface area contributed by atoms with Crippen molar-refractivity contribution < 1.29 is 9.90 Å². The Bertz CT molecular complexity index is 602. The quantitative estimate of drug-likeness (QED) is 0.888. The van der Waals surface area contributed by atoms with Crippen LogP contribution in [0, 0.1) is 0 Å². The third kappa shape index (κ3) is 3.68. The minimum Gasteiger partial charge on any atom is -0.478 e. The number of pyridine rings is 1. The molecule has 4 nitrogen and oxygen atoms in total. The summed E-state index contributed by atoms with van der Waals surface area (Å²) in [6, 6.07) is 8.82. The molecule has 0 spiro atoms. The predicted molar refractivity (Wildman–Crippen MR) is 77.7 cm³/mol. The Morgan fingerprint density at radius 1 is 1.37 bits per heavy atom. The van der Waals surface area contributed by atoms with Gasteiger partial charge in [-0.1, -0.05) is 23.7 Å². The Morgan fingerprint density at radius 2 is 2.05 bits per heavy atom. The van der Waals surface area contributed by atoms with E-state index in [-0.39, 0.29) is 5.56 Å². The summed E-state index contributed by atoms with van der Waals surface area (Å²) in [5, 5.41) is 12.8. The first-order chi connectivity index (χ1) is 9.06. The molecular formula is C13H10BrClN2O2. The fraction of sp³-hybridized carbons (Fsp3) is 0.0769. The van der Waals surface area contributed by atoms with E-state index in [1.54, 1.807) is 18.3 Å². The number of aromatic carboxylic acids is 1. The van der Waals surface area contributed by atoms with Gasteiger partial charge in [0, 0.05) is 22.2 Å². The molecule has 0 unspecified atom stereocenters. The van der Waals surface area contributed by atoms with Gasteiger partial charge in [-0.2, -0.15) is 0 Å². The third-order valence-corrected chi connectivity index (χ3v) is 3.14. The van der Waals surface area contributed by atoms with Crippen LogP contribution in [0.4, 0.5) is 5.82 Å². The predicted octanol–water partition coefficient (Wildman–Crippen LogP) is 3.81. The van der Waals surface area contributed by atoms with E-state index in [0.717, 1.165) is 5.56 Å². The van der Waals surface area contributed by atoms with E-state index < -0.39 is 5.97 Å². The molecule has 0 radical (unpaired) electrons. The van der Waals surface area contributed by atoms with Crippen LogP contribution in [0.25, 0.3) is 0 Å². The Hall–Kier alpha value is -1.59. The Morgan fingerprint density at radius 3 is 2.68 bits per heavy atom. The second-order valence-electron chi connectivity index (χ2n) is 3.83. The number of benzene rings is 1. The summed E-state index contributed by atoms with van der Waals surface area (Å²) >= 11 is 9.00. The summed E-state index contributed by atoms with van der Waals surface area (Å²) in [6.07, 6.45) is 1.55. The van der Waals surface area contributed by atoms with Crippen molar-refractivity contribution in [3.8, 4) is 0 Å². The first-order valence-electron chi connectivity index (χ1n) is 5.43. The lowest BCUT2D eigenvalue weighted by atomic mass is 10.2. The molecule has 6 heteroatoms. The van der Waals surface area contributed by atoms with Gasteiger partial charge in [-0.05, 0) is 39.7 Å². The molecule has 2 N–H and O–H groups in total. The molecule has 1 aromatic carbocycles. The van der Waals surface area contributed by atoms with Gasteiger partial charge in [0.15, 0.2) is 0 Å². The normalized spacial score (nSPS) is 10.2. The van der Waals surface area contributed by atoms with E-state index in [4.69, 9.17) is 16.7 Å². The highest BCUT2D eigenvalue weighted by atomic mass is 79.9. The monoisotopic (exact) mass is 340 g/mol. The number of carboxylic acids is 1. The molecule has 0 saturated heterocycles. The lowest BCUT2D eigenvalue weighted by Gasteiger charge is -2.09. The average Bonchev–Trinajstić information content (AvgIpc) is 2.39. The second-order valence-corrected chi connectivity index (χ2v) is 5.19. The molecule has 0 bridgehead atoms. The van der Waals surface area contributed by atoms with Gasteiger partial charge in [-0.3, -0.25) is 0 Å². The number of halogens is 2. The maximum atomic E-state index is 11.1. The van der Waals surface area contributed by atoms with Gasteiger partial charge in [-0.25, -0.2) is 9.78 Å². The lowest BCUT2D eigenvalue weighted by Crippen LogP contribution is -2.08. The molecule has 98 valence electrons. The summed E-state index contributed by atoms with van der Waals surface area (Å²) < 4.78 is 0.627. The van der Waals surface area contributed by atoms with E-state index in [1.807, 2.05) is 12.1 Å².